The van der Waals surface area contributed by atoms with Crippen molar-refractivity contribution in [2.45, 2.75) is 6.42 Å². The highest BCUT2D eigenvalue weighted by molar-refractivity contribution is 7.80. The first-order valence-electron chi connectivity index (χ1n) is 5.97. The number of carbonyl (C=O) groups excluding carboxylic acids is 2. The van der Waals surface area contributed by atoms with Crippen LogP contribution in [-0.4, -0.2) is 23.4 Å². The second-order valence-electron chi connectivity index (χ2n) is 4.71. The summed E-state index contributed by atoms with van der Waals surface area (Å²) in [6, 6.07) is 6.83. The zero-order chi connectivity index (χ0) is 13.6. The highest BCUT2D eigenvalue weighted by Crippen LogP contribution is 2.48. The van der Waals surface area contributed by atoms with Crippen LogP contribution in [0.5, 0.6) is 5.75 Å². The molecule has 2 atom stereocenters. The monoisotopic (exact) mass is 276 g/mol. The van der Waals surface area contributed by atoms with Gasteiger partial charge in [0.15, 0.2) is 0 Å². The average Bonchev–Trinajstić information content (AvgIpc) is 3.12. The molecular weight excluding hydrogens is 264 g/mol. The summed E-state index contributed by atoms with van der Waals surface area (Å²) in [6.45, 7) is 0.131. The number of rotatable bonds is 4. The van der Waals surface area contributed by atoms with E-state index in [9.17, 15) is 9.59 Å². The maximum Gasteiger partial charge on any atom is 0.237 e. The van der Waals surface area contributed by atoms with Crippen LogP contribution in [0.15, 0.2) is 24.3 Å². The summed E-state index contributed by atoms with van der Waals surface area (Å²) in [4.78, 5) is 25.4. The largest absolute Gasteiger partial charge is 0.486 e. The smallest absolute Gasteiger partial charge is 0.237 e. The van der Waals surface area contributed by atoms with Crippen molar-refractivity contribution in [1.82, 2.24) is 0 Å². The van der Waals surface area contributed by atoms with E-state index in [4.69, 9.17) is 22.7 Å². The molecule has 19 heavy (non-hydrogen) atoms. The first kappa shape index (κ1) is 12.1. The Balaban J connectivity index is 1.81. The molecule has 2 N–H and O–H groups in total. The maximum absolute atomic E-state index is 12.0. The Bertz CT molecular complexity index is 567. The molecule has 98 valence electrons. The molecule has 1 saturated carbocycles. The summed E-state index contributed by atoms with van der Waals surface area (Å²) >= 11 is 4.73. The van der Waals surface area contributed by atoms with Crippen molar-refractivity contribution >= 4 is 34.7 Å². The predicted molar refractivity (Wildman–Crippen MR) is 72.8 cm³/mol. The van der Waals surface area contributed by atoms with E-state index in [0.29, 0.717) is 17.9 Å². The van der Waals surface area contributed by atoms with E-state index in [1.54, 1.807) is 24.3 Å². The van der Waals surface area contributed by atoms with E-state index in [0.717, 1.165) is 0 Å². The molecule has 2 unspecified atom stereocenters. The Labute approximate surface area is 115 Å². The van der Waals surface area contributed by atoms with Gasteiger partial charge in [0.2, 0.25) is 11.8 Å². The van der Waals surface area contributed by atoms with Gasteiger partial charge in [0.1, 0.15) is 17.3 Å². The van der Waals surface area contributed by atoms with Gasteiger partial charge in [0, 0.05) is 6.07 Å². The maximum atomic E-state index is 12.0. The molecule has 1 heterocycles. The second kappa shape index (κ2) is 4.31. The number of amides is 2. The number of thiocarbonyl (C=S) groups is 1. The second-order valence-corrected chi connectivity index (χ2v) is 5.24. The Kier molecular flexibility index (Phi) is 2.74. The normalized spacial score (nSPS) is 24.3. The van der Waals surface area contributed by atoms with Gasteiger partial charge in [-0.3, -0.25) is 9.59 Å². The van der Waals surface area contributed by atoms with Gasteiger partial charge < -0.3 is 10.5 Å². The fourth-order valence-electron chi connectivity index (χ4n) is 2.30. The molecule has 1 aliphatic heterocycles. The summed E-state index contributed by atoms with van der Waals surface area (Å²) in [5, 5.41) is 0. The van der Waals surface area contributed by atoms with Gasteiger partial charge in [-0.1, -0.05) is 18.3 Å². The van der Waals surface area contributed by atoms with Crippen molar-refractivity contribution in [3.05, 3.63) is 24.3 Å². The zero-order valence-corrected chi connectivity index (χ0v) is 10.9. The third kappa shape index (κ3) is 2.08. The highest BCUT2D eigenvalue weighted by Gasteiger charge is 2.59. The van der Waals surface area contributed by atoms with Crippen LogP contribution >= 0.6 is 12.2 Å². The van der Waals surface area contributed by atoms with Crippen LogP contribution in [0.4, 0.5) is 5.69 Å². The number of hydrogen-bond donors (Lipinski definition) is 1. The number of nitrogens with two attached hydrogens (primary N) is 1. The molecule has 1 saturated heterocycles. The van der Waals surface area contributed by atoms with Crippen molar-refractivity contribution in [3.8, 4) is 5.75 Å². The summed E-state index contributed by atoms with van der Waals surface area (Å²) in [5.41, 5.74) is 5.90. The summed E-state index contributed by atoms with van der Waals surface area (Å²) in [6.07, 6.45) is 0.700. The molecule has 1 aromatic carbocycles. The number of fused-ring (bicyclic) bond motifs is 1. The Morgan fingerprint density at radius 3 is 2.68 bits per heavy atom. The lowest BCUT2D eigenvalue weighted by Crippen LogP contribution is -2.32. The molecule has 3 rings (SSSR count). The first-order chi connectivity index (χ1) is 9.08. The minimum absolute atomic E-state index is 0.103. The molecule has 6 heteroatoms. The van der Waals surface area contributed by atoms with E-state index in [-0.39, 0.29) is 35.2 Å². The Hall–Kier alpha value is -1.95. The van der Waals surface area contributed by atoms with Crippen LogP contribution in [0.25, 0.3) is 0 Å². The van der Waals surface area contributed by atoms with Crippen molar-refractivity contribution in [3.63, 3.8) is 0 Å². The van der Waals surface area contributed by atoms with E-state index < -0.39 is 0 Å². The lowest BCUT2D eigenvalue weighted by molar-refractivity contribution is -0.123. The third-order valence-electron chi connectivity index (χ3n) is 3.32. The molecule has 0 radical (unpaired) electrons. The zero-order valence-electron chi connectivity index (χ0n) is 10.0. The van der Waals surface area contributed by atoms with Crippen LogP contribution < -0.4 is 15.4 Å². The fourth-order valence-corrected chi connectivity index (χ4v) is 2.36. The van der Waals surface area contributed by atoms with Gasteiger partial charge in [-0.15, -0.1) is 0 Å². The number of nitrogens with zero attached hydrogens (tertiary/aromatic N) is 1. The lowest BCUT2D eigenvalue weighted by Gasteiger charge is -2.17. The highest BCUT2D eigenvalue weighted by atomic mass is 32.1. The van der Waals surface area contributed by atoms with Crippen molar-refractivity contribution in [2.75, 3.05) is 11.5 Å². The van der Waals surface area contributed by atoms with Crippen LogP contribution in [0, 0.1) is 11.8 Å². The topological polar surface area (TPSA) is 72.6 Å². The number of carbonyl (C=O) groups is 2. The molecule has 1 aromatic rings. The molecular formula is C13H12N2O3S. The Morgan fingerprint density at radius 2 is 2.05 bits per heavy atom. The molecule has 5 nitrogen and oxygen atoms in total. The van der Waals surface area contributed by atoms with E-state index >= 15 is 0 Å². The van der Waals surface area contributed by atoms with Crippen molar-refractivity contribution in [1.29, 1.82) is 0 Å². The fraction of sp³-hybridized carbons (Fsp3) is 0.308. The third-order valence-corrected chi connectivity index (χ3v) is 3.44. The molecule has 0 bridgehead atoms. The van der Waals surface area contributed by atoms with Crippen LogP contribution in [0.1, 0.15) is 6.42 Å². The number of ether oxygens (including phenoxy) is 1. The predicted octanol–water partition coefficient (Wildman–Crippen LogP) is 0.861. The molecule has 1 aliphatic carbocycles. The molecule has 2 aliphatic rings. The summed E-state index contributed by atoms with van der Waals surface area (Å²) in [5.74, 6) is 0.108. The van der Waals surface area contributed by atoms with Crippen molar-refractivity contribution in [2.24, 2.45) is 17.6 Å². The van der Waals surface area contributed by atoms with Crippen molar-refractivity contribution < 1.29 is 14.3 Å². The Morgan fingerprint density at radius 1 is 1.37 bits per heavy atom. The number of imide groups is 1. The molecule has 0 spiro atoms. The van der Waals surface area contributed by atoms with E-state index in [2.05, 4.69) is 0 Å². The molecule has 0 aromatic heterocycles. The SMILES string of the molecule is NC(=S)COc1cccc(N2C(=O)C3CC3C2=O)c1. The minimum Gasteiger partial charge on any atom is -0.486 e. The molecule has 2 amide bonds. The quantitative estimate of drug-likeness (QED) is 0.652. The number of anilines is 1. The van der Waals surface area contributed by atoms with Gasteiger partial charge in [-0.25, -0.2) is 4.90 Å². The van der Waals surface area contributed by atoms with E-state index in [1.165, 1.54) is 4.90 Å². The standard InChI is InChI=1S/C13H12N2O3S/c14-11(19)6-18-8-3-1-2-7(4-8)15-12(16)9-5-10(9)13(15)17/h1-4,9-10H,5-6H2,(H2,14,19). The number of benzene rings is 1. The van der Waals surface area contributed by atoms with Gasteiger partial charge in [0.05, 0.1) is 17.5 Å². The van der Waals surface area contributed by atoms with Crippen LogP contribution in [-0.2, 0) is 9.59 Å². The van der Waals surface area contributed by atoms with Crippen LogP contribution in [0.3, 0.4) is 0 Å². The number of hydrogen-bond acceptors (Lipinski definition) is 4. The number of piperidine rings is 1. The minimum atomic E-state index is -0.110. The summed E-state index contributed by atoms with van der Waals surface area (Å²) < 4.78 is 5.36. The van der Waals surface area contributed by atoms with Gasteiger partial charge in [-0.05, 0) is 18.6 Å². The average molecular weight is 276 g/mol. The lowest BCUT2D eigenvalue weighted by atomic mass is 10.2. The summed E-state index contributed by atoms with van der Waals surface area (Å²) in [7, 11) is 0. The van der Waals surface area contributed by atoms with Crippen LogP contribution in [0.2, 0.25) is 0 Å². The van der Waals surface area contributed by atoms with Gasteiger partial charge in [0.25, 0.3) is 0 Å². The van der Waals surface area contributed by atoms with Gasteiger partial charge >= 0.3 is 0 Å². The van der Waals surface area contributed by atoms with Gasteiger partial charge in [-0.2, -0.15) is 0 Å². The first-order valence-corrected chi connectivity index (χ1v) is 6.38. The molecule has 2 fully saturated rings. The van der Waals surface area contributed by atoms with E-state index in [1.807, 2.05) is 0 Å².